The van der Waals surface area contributed by atoms with Gasteiger partial charge >= 0.3 is 0 Å². The Labute approximate surface area is 182 Å². The second-order valence-electron chi connectivity index (χ2n) is 7.50. The number of amides is 2. The van der Waals surface area contributed by atoms with Crippen molar-refractivity contribution in [3.63, 3.8) is 0 Å². The Balaban J connectivity index is 1.66. The van der Waals surface area contributed by atoms with Crippen molar-refractivity contribution in [2.24, 2.45) is 0 Å². The highest BCUT2D eigenvalue weighted by molar-refractivity contribution is 5.98. The summed E-state index contributed by atoms with van der Waals surface area (Å²) >= 11 is 0. The molecule has 0 bridgehead atoms. The normalized spacial score (nSPS) is 10.3. The number of hydrogen-bond donors (Lipinski definition) is 2. The summed E-state index contributed by atoms with van der Waals surface area (Å²) in [6, 6.07) is 20.4. The molecule has 0 aliphatic heterocycles. The molecule has 3 aromatic rings. The van der Waals surface area contributed by atoms with E-state index in [1.165, 1.54) is 4.90 Å². The third-order valence-electron chi connectivity index (χ3n) is 4.75. The van der Waals surface area contributed by atoms with E-state index in [0.717, 1.165) is 22.6 Å². The van der Waals surface area contributed by atoms with E-state index in [4.69, 9.17) is 4.74 Å². The van der Waals surface area contributed by atoms with Crippen LogP contribution in [0.1, 0.15) is 21.5 Å². The van der Waals surface area contributed by atoms with Gasteiger partial charge in [-0.3, -0.25) is 9.59 Å². The summed E-state index contributed by atoms with van der Waals surface area (Å²) in [5.74, 6) is 1.11. The van der Waals surface area contributed by atoms with Gasteiger partial charge in [0.15, 0.2) is 5.75 Å². The minimum atomic E-state index is -0.226. The van der Waals surface area contributed by atoms with Gasteiger partial charge in [-0.25, -0.2) is 0 Å². The summed E-state index contributed by atoms with van der Waals surface area (Å²) in [6.45, 7) is 4.06. The van der Waals surface area contributed by atoms with Crippen LogP contribution in [0.5, 0.6) is 11.5 Å². The fourth-order valence-electron chi connectivity index (χ4n) is 3.14. The molecule has 0 radical (unpaired) electrons. The first-order chi connectivity index (χ1) is 14.8. The van der Waals surface area contributed by atoms with Gasteiger partial charge in [-0.1, -0.05) is 36.4 Å². The molecular weight excluding hydrogens is 390 g/mol. The molecule has 6 heteroatoms. The maximum absolute atomic E-state index is 12.5. The molecule has 0 aliphatic carbocycles. The second-order valence-corrected chi connectivity index (χ2v) is 7.50. The minimum Gasteiger partial charge on any atom is -0.455 e. The van der Waals surface area contributed by atoms with Crippen LogP contribution in [-0.2, 0) is 4.79 Å². The van der Waals surface area contributed by atoms with Crippen LogP contribution in [0.2, 0.25) is 0 Å². The molecule has 0 saturated carbocycles. The maximum Gasteiger partial charge on any atom is 0.253 e. The van der Waals surface area contributed by atoms with E-state index in [2.05, 4.69) is 10.6 Å². The Kier molecular flexibility index (Phi) is 6.92. The third-order valence-corrected chi connectivity index (χ3v) is 4.75. The van der Waals surface area contributed by atoms with Gasteiger partial charge in [-0.05, 0) is 55.3 Å². The Morgan fingerprint density at radius 1 is 0.903 bits per heavy atom. The lowest BCUT2D eigenvalue weighted by Gasteiger charge is -2.16. The van der Waals surface area contributed by atoms with E-state index in [9.17, 15) is 9.59 Å². The molecule has 0 spiro atoms. The monoisotopic (exact) mass is 417 g/mol. The highest BCUT2D eigenvalue weighted by Gasteiger charge is 2.12. The molecule has 3 aromatic carbocycles. The quantitative estimate of drug-likeness (QED) is 0.577. The van der Waals surface area contributed by atoms with Gasteiger partial charge < -0.3 is 20.3 Å². The topological polar surface area (TPSA) is 70.7 Å². The summed E-state index contributed by atoms with van der Waals surface area (Å²) in [6.07, 6.45) is 0. The van der Waals surface area contributed by atoms with Crippen LogP contribution in [0.15, 0.2) is 66.7 Å². The lowest BCUT2D eigenvalue weighted by molar-refractivity contribution is -0.114. The number of aryl methyl sites for hydroxylation is 2. The van der Waals surface area contributed by atoms with E-state index in [1.807, 2.05) is 56.3 Å². The molecule has 0 aromatic heterocycles. The summed E-state index contributed by atoms with van der Waals surface area (Å²) in [5.41, 5.74) is 3.89. The molecule has 3 rings (SSSR count). The Morgan fingerprint density at radius 3 is 2.29 bits per heavy atom. The minimum absolute atomic E-state index is 0.0545. The van der Waals surface area contributed by atoms with Gasteiger partial charge in [0.1, 0.15) is 5.75 Å². The first-order valence-corrected chi connectivity index (χ1v) is 10.0. The molecule has 2 amide bonds. The van der Waals surface area contributed by atoms with Crippen molar-refractivity contribution in [3.8, 4) is 11.5 Å². The molecule has 0 fully saturated rings. The van der Waals surface area contributed by atoms with E-state index in [0.29, 0.717) is 17.0 Å². The van der Waals surface area contributed by atoms with Gasteiger partial charge in [0, 0.05) is 25.3 Å². The van der Waals surface area contributed by atoms with Crippen LogP contribution in [0.4, 0.5) is 11.4 Å². The predicted octanol–water partition coefficient (Wildman–Crippen LogP) is 4.85. The van der Waals surface area contributed by atoms with Gasteiger partial charge in [0.2, 0.25) is 5.91 Å². The van der Waals surface area contributed by atoms with Crippen molar-refractivity contribution in [1.29, 1.82) is 0 Å². The van der Waals surface area contributed by atoms with Gasteiger partial charge in [0.05, 0.1) is 12.2 Å². The molecule has 0 atom stereocenters. The molecule has 160 valence electrons. The van der Waals surface area contributed by atoms with Crippen LogP contribution >= 0.6 is 0 Å². The first-order valence-electron chi connectivity index (χ1n) is 10.0. The molecule has 0 unspecified atom stereocenters. The van der Waals surface area contributed by atoms with Crippen molar-refractivity contribution in [2.75, 3.05) is 31.3 Å². The number of rotatable bonds is 7. The molecule has 31 heavy (non-hydrogen) atoms. The van der Waals surface area contributed by atoms with Crippen LogP contribution < -0.4 is 15.4 Å². The Bertz CT molecular complexity index is 1070. The fraction of sp³-hybridized carbons (Fsp3) is 0.200. The number of carbonyl (C=O) groups excluding carboxylic acids is 2. The van der Waals surface area contributed by atoms with E-state index >= 15 is 0 Å². The molecule has 0 aliphatic rings. The SMILES string of the molecule is Cc1cccc(C)c1Oc1ccccc1NCC(=O)Nc1cccc(C(=O)N(C)C)c1. The van der Waals surface area contributed by atoms with Crippen molar-refractivity contribution < 1.29 is 14.3 Å². The number of para-hydroxylation sites is 3. The molecule has 0 heterocycles. The average molecular weight is 418 g/mol. The number of nitrogens with zero attached hydrogens (tertiary/aromatic N) is 1. The van der Waals surface area contributed by atoms with E-state index in [1.54, 1.807) is 38.4 Å². The number of benzene rings is 3. The summed E-state index contributed by atoms with van der Waals surface area (Å²) in [5, 5.41) is 5.96. The van der Waals surface area contributed by atoms with Crippen molar-refractivity contribution in [3.05, 3.63) is 83.4 Å². The van der Waals surface area contributed by atoms with Gasteiger partial charge in [-0.2, -0.15) is 0 Å². The highest BCUT2D eigenvalue weighted by Crippen LogP contribution is 2.33. The zero-order valence-electron chi connectivity index (χ0n) is 18.2. The number of ether oxygens (including phenoxy) is 1. The zero-order valence-corrected chi connectivity index (χ0v) is 18.2. The van der Waals surface area contributed by atoms with Crippen LogP contribution in [0.25, 0.3) is 0 Å². The summed E-state index contributed by atoms with van der Waals surface area (Å²) in [7, 11) is 3.38. The smallest absolute Gasteiger partial charge is 0.253 e. The second kappa shape index (κ2) is 9.80. The molecular formula is C25H27N3O3. The third kappa shape index (κ3) is 5.63. The van der Waals surface area contributed by atoms with Gasteiger partial charge in [0.25, 0.3) is 5.91 Å². The van der Waals surface area contributed by atoms with Crippen molar-refractivity contribution >= 4 is 23.2 Å². The predicted molar refractivity (Wildman–Crippen MR) is 124 cm³/mol. The Hall–Kier alpha value is -3.80. The van der Waals surface area contributed by atoms with E-state index in [-0.39, 0.29) is 18.4 Å². The van der Waals surface area contributed by atoms with Crippen LogP contribution in [-0.4, -0.2) is 37.4 Å². The molecule has 0 saturated heterocycles. The van der Waals surface area contributed by atoms with Gasteiger partial charge in [-0.15, -0.1) is 0 Å². The largest absolute Gasteiger partial charge is 0.455 e. The number of carbonyl (C=O) groups is 2. The average Bonchev–Trinajstić information content (AvgIpc) is 2.75. The van der Waals surface area contributed by atoms with Crippen molar-refractivity contribution in [2.45, 2.75) is 13.8 Å². The lowest BCUT2D eigenvalue weighted by Crippen LogP contribution is -2.23. The first kappa shape index (κ1) is 21.9. The fourth-order valence-corrected chi connectivity index (χ4v) is 3.14. The van der Waals surface area contributed by atoms with Crippen LogP contribution in [0.3, 0.4) is 0 Å². The highest BCUT2D eigenvalue weighted by atomic mass is 16.5. The zero-order chi connectivity index (χ0) is 22.4. The summed E-state index contributed by atoms with van der Waals surface area (Å²) in [4.78, 5) is 26.1. The molecule has 2 N–H and O–H groups in total. The summed E-state index contributed by atoms with van der Waals surface area (Å²) < 4.78 is 6.15. The molecule has 6 nitrogen and oxygen atoms in total. The number of hydrogen-bond acceptors (Lipinski definition) is 4. The van der Waals surface area contributed by atoms with Crippen LogP contribution in [0, 0.1) is 13.8 Å². The Morgan fingerprint density at radius 2 is 1.58 bits per heavy atom. The maximum atomic E-state index is 12.5. The van der Waals surface area contributed by atoms with Crippen molar-refractivity contribution in [1.82, 2.24) is 4.90 Å². The number of nitrogens with one attached hydrogen (secondary N) is 2. The van der Waals surface area contributed by atoms with E-state index < -0.39 is 0 Å². The standard InChI is InChI=1S/C25H27N3O3/c1-17-9-7-10-18(2)24(17)31-22-14-6-5-13-21(22)26-16-23(29)27-20-12-8-11-19(15-20)25(30)28(3)4/h5-15,26H,16H2,1-4H3,(H,27,29). The lowest BCUT2D eigenvalue weighted by atomic mass is 10.1. The number of anilines is 2.